The van der Waals surface area contributed by atoms with Crippen molar-refractivity contribution < 1.29 is 23.7 Å². The molecule has 1 atom stereocenters. The lowest BCUT2D eigenvalue weighted by molar-refractivity contribution is -0.150. The number of carbonyl (C=O) groups excluding carboxylic acids is 1. The van der Waals surface area contributed by atoms with E-state index in [0.29, 0.717) is 44.1 Å². The van der Waals surface area contributed by atoms with Gasteiger partial charge in [0, 0.05) is 25.2 Å². The van der Waals surface area contributed by atoms with Crippen LogP contribution in [0.2, 0.25) is 0 Å². The topological polar surface area (TPSA) is 93.4 Å². The van der Waals surface area contributed by atoms with Gasteiger partial charge >= 0.3 is 0 Å². The van der Waals surface area contributed by atoms with E-state index >= 15 is 0 Å². The van der Waals surface area contributed by atoms with Gasteiger partial charge in [-0.2, -0.15) is 10.3 Å². The van der Waals surface area contributed by atoms with E-state index in [1.54, 1.807) is 0 Å². The second kappa shape index (κ2) is 9.77. The van der Waals surface area contributed by atoms with Gasteiger partial charge in [0.15, 0.2) is 6.40 Å². The van der Waals surface area contributed by atoms with E-state index in [1.807, 2.05) is 45.0 Å². The van der Waals surface area contributed by atoms with Crippen molar-refractivity contribution in [3.05, 3.63) is 52.6 Å². The molecule has 1 aliphatic carbocycles. The lowest BCUT2D eigenvalue weighted by Gasteiger charge is -2.39. The molecule has 1 unspecified atom stereocenters. The normalized spacial score (nSPS) is 22.2. The summed E-state index contributed by atoms with van der Waals surface area (Å²) in [5.41, 5.74) is 1.04. The molecule has 3 aliphatic rings. The van der Waals surface area contributed by atoms with Gasteiger partial charge in [-0.25, -0.2) is 0 Å². The molecule has 1 aromatic rings. The van der Waals surface area contributed by atoms with Crippen LogP contribution >= 0.6 is 0 Å². The van der Waals surface area contributed by atoms with Gasteiger partial charge in [-0.3, -0.25) is 9.69 Å². The zero-order valence-corrected chi connectivity index (χ0v) is 19.3. The smallest absolute Gasteiger partial charge is 0.251 e. The van der Waals surface area contributed by atoms with Crippen molar-refractivity contribution in [3.63, 3.8) is 0 Å². The number of para-hydroxylation sites is 1. The zero-order chi connectivity index (χ0) is 23.4. The number of rotatable bonds is 8. The number of nitriles is 1. The van der Waals surface area contributed by atoms with Crippen molar-refractivity contribution in [1.29, 1.82) is 5.26 Å². The molecule has 0 N–H and O–H groups in total. The Bertz CT molecular complexity index is 1050. The highest BCUT2D eigenvalue weighted by Crippen LogP contribution is 2.57. The highest BCUT2D eigenvalue weighted by molar-refractivity contribution is 6.13. The molecule has 0 bridgehead atoms. The lowest BCUT2D eigenvalue weighted by atomic mass is 9.65. The van der Waals surface area contributed by atoms with Crippen LogP contribution < -0.4 is 4.90 Å². The number of hydrogen-bond acceptors (Lipinski definition) is 7. The predicted molar refractivity (Wildman–Crippen MR) is 122 cm³/mol. The molecule has 0 saturated carbocycles. The summed E-state index contributed by atoms with van der Waals surface area (Å²) >= 11 is 0. The first-order valence-corrected chi connectivity index (χ1v) is 11.5. The number of aliphatic imine (C=N–C) groups is 1. The number of amides is 1. The fourth-order valence-electron chi connectivity index (χ4n) is 4.88. The lowest BCUT2D eigenvalue weighted by Crippen LogP contribution is -2.50. The maximum atomic E-state index is 14.4. The Labute approximate surface area is 194 Å². The van der Waals surface area contributed by atoms with E-state index in [-0.39, 0.29) is 17.4 Å². The first-order chi connectivity index (χ1) is 16.1. The Hall–Kier alpha value is -3.15. The molecule has 8 heteroatoms. The van der Waals surface area contributed by atoms with E-state index in [1.165, 1.54) is 11.3 Å². The van der Waals surface area contributed by atoms with Crippen LogP contribution in [0, 0.1) is 11.3 Å². The van der Waals surface area contributed by atoms with Crippen molar-refractivity contribution >= 4 is 18.0 Å². The molecule has 33 heavy (non-hydrogen) atoms. The highest BCUT2D eigenvalue weighted by atomic mass is 16.7. The Morgan fingerprint density at radius 3 is 2.61 bits per heavy atom. The number of fused-ring (bicyclic) bond motifs is 3. The second-order valence-corrected chi connectivity index (χ2v) is 7.85. The van der Waals surface area contributed by atoms with Crippen LogP contribution in [0.15, 0.2) is 52.0 Å². The molecular formula is C25H29N3O5. The number of anilines is 1. The molecule has 0 saturated heterocycles. The minimum absolute atomic E-state index is 0.0981. The average Bonchev–Trinajstić information content (AvgIpc) is 3.08. The van der Waals surface area contributed by atoms with Gasteiger partial charge in [0.05, 0.1) is 12.3 Å². The minimum Gasteiger partial charge on any atom is -0.483 e. The fraction of sp³-hybridized carbons (Fsp3) is 0.480. The van der Waals surface area contributed by atoms with Crippen molar-refractivity contribution in [1.82, 2.24) is 0 Å². The van der Waals surface area contributed by atoms with Gasteiger partial charge in [0.2, 0.25) is 12.3 Å². The monoisotopic (exact) mass is 451 g/mol. The highest BCUT2D eigenvalue weighted by Gasteiger charge is 2.61. The van der Waals surface area contributed by atoms with E-state index in [0.717, 1.165) is 24.0 Å². The molecule has 8 nitrogen and oxygen atoms in total. The summed E-state index contributed by atoms with van der Waals surface area (Å²) in [5.74, 6) is 0.521. The number of ether oxygens (including phenoxy) is 4. The molecule has 0 radical (unpaired) electrons. The summed E-state index contributed by atoms with van der Waals surface area (Å²) in [5, 5.41) is 10.4. The van der Waals surface area contributed by atoms with E-state index in [2.05, 4.69) is 11.1 Å². The van der Waals surface area contributed by atoms with Crippen LogP contribution in [0.3, 0.4) is 0 Å². The number of nitrogens with zero attached hydrogens (tertiary/aromatic N) is 3. The number of allylic oxidation sites excluding steroid dienone is 1. The SMILES string of the molecule is CCOC=NC1=C(C#N)C2(C(=O)N(C(OCC)OCC)c3ccccc32)C2=C(CCCC2)O1. The summed E-state index contributed by atoms with van der Waals surface area (Å²) in [6, 6.07) is 9.77. The second-order valence-electron chi connectivity index (χ2n) is 7.85. The predicted octanol–water partition coefficient (Wildman–Crippen LogP) is 4.29. The molecule has 2 heterocycles. The van der Waals surface area contributed by atoms with Crippen molar-refractivity contribution in [2.75, 3.05) is 24.7 Å². The Morgan fingerprint density at radius 1 is 1.18 bits per heavy atom. The van der Waals surface area contributed by atoms with Gasteiger partial charge in [0.1, 0.15) is 22.8 Å². The summed E-state index contributed by atoms with van der Waals surface area (Å²) in [6.45, 7) is 6.71. The van der Waals surface area contributed by atoms with Gasteiger partial charge in [-0.15, -0.1) is 0 Å². The van der Waals surface area contributed by atoms with Gasteiger partial charge in [-0.1, -0.05) is 18.2 Å². The van der Waals surface area contributed by atoms with Gasteiger partial charge in [-0.05, 0) is 51.7 Å². The first-order valence-electron chi connectivity index (χ1n) is 11.5. The Kier molecular flexibility index (Phi) is 6.82. The fourth-order valence-corrected chi connectivity index (χ4v) is 4.88. The summed E-state index contributed by atoms with van der Waals surface area (Å²) in [7, 11) is 0. The van der Waals surface area contributed by atoms with Crippen LogP contribution in [0.5, 0.6) is 0 Å². The summed E-state index contributed by atoms with van der Waals surface area (Å²) in [4.78, 5) is 20.3. The third-order valence-electron chi connectivity index (χ3n) is 6.14. The van der Waals surface area contributed by atoms with Gasteiger partial charge in [0.25, 0.3) is 5.91 Å². The zero-order valence-electron chi connectivity index (χ0n) is 19.3. The maximum Gasteiger partial charge on any atom is 0.251 e. The molecule has 0 aromatic heterocycles. The van der Waals surface area contributed by atoms with Crippen molar-refractivity contribution in [2.45, 2.75) is 58.3 Å². The first kappa shape index (κ1) is 23.0. The van der Waals surface area contributed by atoms with E-state index in [9.17, 15) is 10.1 Å². The number of hydrogen-bond donors (Lipinski definition) is 0. The number of carbonyl (C=O) groups is 1. The van der Waals surface area contributed by atoms with Crippen LogP contribution in [-0.4, -0.2) is 38.5 Å². The number of benzene rings is 1. The van der Waals surface area contributed by atoms with Crippen LogP contribution in [0.25, 0.3) is 0 Å². The maximum absolute atomic E-state index is 14.4. The van der Waals surface area contributed by atoms with Crippen molar-refractivity contribution in [3.8, 4) is 6.07 Å². The molecular weight excluding hydrogens is 422 g/mol. The summed E-state index contributed by atoms with van der Waals surface area (Å²) in [6.07, 6.45) is 3.55. The van der Waals surface area contributed by atoms with Gasteiger partial charge < -0.3 is 18.9 Å². The standard InChI is InChI=1S/C25H29N3O5/c1-4-30-16-27-22-19(15-26)25(18-12-8-10-14-21(18)33-22)17-11-7-9-13-20(17)28(23(25)29)24(31-5-2)32-6-3/h7,9,11,13,16,24H,4-6,8,10,12,14H2,1-3H3. The van der Waals surface area contributed by atoms with Crippen LogP contribution in [0.1, 0.15) is 52.0 Å². The molecule has 2 aliphatic heterocycles. The Balaban J connectivity index is 1.99. The molecule has 1 aromatic carbocycles. The quantitative estimate of drug-likeness (QED) is 0.333. The van der Waals surface area contributed by atoms with Crippen LogP contribution in [-0.2, 0) is 29.2 Å². The van der Waals surface area contributed by atoms with Crippen molar-refractivity contribution in [2.24, 2.45) is 4.99 Å². The molecule has 0 fully saturated rings. The average molecular weight is 452 g/mol. The molecule has 1 spiro atoms. The van der Waals surface area contributed by atoms with Crippen LogP contribution in [0.4, 0.5) is 5.69 Å². The molecule has 174 valence electrons. The van der Waals surface area contributed by atoms with E-state index in [4.69, 9.17) is 18.9 Å². The summed E-state index contributed by atoms with van der Waals surface area (Å²) < 4.78 is 23.0. The molecule has 1 amide bonds. The largest absolute Gasteiger partial charge is 0.483 e. The Morgan fingerprint density at radius 2 is 1.91 bits per heavy atom. The molecule has 4 rings (SSSR count). The third-order valence-corrected chi connectivity index (χ3v) is 6.14. The van der Waals surface area contributed by atoms with E-state index < -0.39 is 11.8 Å². The third kappa shape index (κ3) is 3.62. The minimum atomic E-state index is -1.33.